The number of carbonyl (C=O) groups excluding carboxylic acids is 1. The van der Waals surface area contributed by atoms with E-state index in [1.165, 1.54) is 52.2 Å². The molecule has 0 bridgehead atoms. The Morgan fingerprint density at radius 3 is 2.50 bits per heavy atom. The quantitative estimate of drug-likeness (QED) is 0.194. The second-order valence-corrected chi connectivity index (χ2v) is 12.4. The molecule has 0 saturated heterocycles. The average molecular weight is 647 g/mol. The number of benzene rings is 3. The van der Waals surface area contributed by atoms with Crippen molar-refractivity contribution < 1.29 is 22.7 Å². The maximum absolute atomic E-state index is 13.2. The molecule has 1 N–H and O–H groups in total. The maximum atomic E-state index is 13.2. The number of alkyl halides is 3. The fourth-order valence-electron chi connectivity index (χ4n) is 5.95. The lowest BCUT2D eigenvalue weighted by atomic mass is 9.93. The van der Waals surface area contributed by atoms with Gasteiger partial charge in [-0.25, -0.2) is 14.5 Å². The third kappa shape index (κ3) is 6.91. The summed E-state index contributed by atoms with van der Waals surface area (Å²) < 4.78 is 44.9. The summed E-state index contributed by atoms with van der Waals surface area (Å²) in [7, 11) is 0. The number of thiazole rings is 1. The first kappa shape index (κ1) is 31.3. The van der Waals surface area contributed by atoms with Crippen molar-refractivity contribution in [1.82, 2.24) is 24.6 Å². The summed E-state index contributed by atoms with van der Waals surface area (Å²) in [6.07, 6.45) is -0.428. The molecule has 1 aliphatic carbocycles. The molecule has 8 nitrogen and oxygen atoms in total. The monoisotopic (exact) mass is 646 g/mol. The van der Waals surface area contributed by atoms with Gasteiger partial charge in [-0.1, -0.05) is 62.7 Å². The zero-order chi connectivity index (χ0) is 32.4. The number of nitrogens with one attached hydrogen (secondary N) is 1. The lowest BCUT2D eigenvalue weighted by Crippen LogP contribution is -2.36. The van der Waals surface area contributed by atoms with Crippen LogP contribution in [0.15, 0.2) is 89.5 Å². The molecule has 1 fully saturated rings. The van der Waals surface area contributed by atoms with E-state index in [1.807, 2.05) is 48.7 Å². The summed E-state index contributed by atoms with van der Waals surface area (Å²) in [6.45, 7) is 6.34. The van der Waals surface area contributed by atoms with Crippen LogP contribution in [0.1, 0.15) is 61.8 Å². The highest BCUT2D eigenvalue weighted by molar-refractivity contribution is 7.07. The van der Waals surface area contributed by atoms with Crippen molar-refractivity contribution >= 4 is 17.4 Å². The Balaban J connectivity index is 1.15. The van der Waals surface area contributed by atoms with E-state index in [0.29, 0.717) is 22.2 Å². The van der Waals surface area contributed by atoms with Gasteiger partial charge in [-0.3, -0.25) is 4.57 Å². The molecule has 12 heteroatoms. The first-order valence-corrected chi connectivity index (χ1v) is 15.9. The van der Waals surface area contributed by atoms with E-state index in [1.54, 1.807) is 0 Å². The van der Waals surface area contributed by atoms with Crippen molar-refractivity contribution in [2.45, 2.75) is 64.3 Å². The lowest BCUT2D eigenvalue weighted by molar-refractivity contribution is -0.274. The van der Waals surface area contributed by atoms with Crippen molar-refractivity contribution in [3.8, 4) is 28.5 Å². The molecule has 6 rings (SSSR count). The number of hydrogen-bond acceptors (Lipinski definition) is 5. The van der Waals surface area contributed by atoms with E-state index in [-0.39, 0.29) is 23.7 Å². The van der Waals surface area contributed by atoms with Gasteiger partial charge in [-0.15, -0.1) is 29.6 Å². The summed E-state index contributed by atoms with van der Waals surface area (Å²) in [5.41, 5.74) is 5.71. The third-order valence-electron chi connectivity index (χ3n) is 8.12. The minimum atomic E-state index is -4.75. The Bertz CT molecular complexity index is 1890. The van der Waals surface area contributed by atoms with Gasteiger partial charge in [0.05, 0.1) is 11.4 Å². The van der Waals surface area contributed by atoms with Crippen molar-refractivity contribution in [3.05, 3.63) is 106 Å². The topological polar surface area (TPSA) is 86.3 Å². The standard InChI is InChI=1S/C34H33F3N6O2S/c1-21(2)27-7-4-5-10-30(27)43-22(3)19-46-33(43)40-32(44)39-29-9-6-8-28(29)23-11-13-24(14-12-23)31-38-20-42(41-31)25-15-17-26(18-16-25)45-34(35,36)37/h4-5,7,10-21,28-29H,6,8-9H2,1-3H3,(H,39,44)/b40-33-. The fraction of sp³-hybridized carbons (Fsp3) is 0.294. The number of para-hydroxylation sites is 1. The Morgan fingerprint density at radius 2 is 1.78 bits per heavy atom. The minimum absolute atomic E-state index is 0.0406. The number of urea groups is 1. The Labute approximate surface area is 268 Å². The van der Waals surface area contributed by atoms with Crippen LogP contribution in [0.25, 0.3) is 22.8 Å². The highest BCUT2D eigenvalue weighted by Crippen LogP contribution is 2.35. The van der Waals surface area contributed by atoms with E-state index < -0.39 is 6.36 Å². The number of rotatable bonds is 7. The summed E-state index contributed by atoms with van der Waals surface area (Å²) in [4.78, 5) is 22.8. The number of ether oxygens (including phenoxy) is 1. The number of nitrogens with zero attached hydrogens (tertiary/aromatic N) is 5. The predicted octanol–water partition coefficient (Wildman–Crippen LogP) is 8.06. The van der Waals surface area contributed by atoms with E-state index in [4.69, 9.17) is 0 Å². The van der Waals surface area contributed by atoms with Crippen molar-refractivity contribution in [2.75, 3.05) is 0 Å². The zero-order valence-corrected chi connectivity index (χ0v) is 26.3. The summed E-state index contributed by atoms with van der Waals surface area (Å²) in [5, 5.41) is 9.69. The molecule has 46 heavy (non-hydrogen) atoms. The molecule has 1 aliphatic rings. The highest BCUT2D eigenvalue weighted by Gasteiger charge is 2.31. The summed E-state index contributed by atoms with van der Waals surface area (Å²) >= 11 is 1.45. The van der Waals surface area contributed by atoms with Gasteiger partial charge in [-0.05, 0) is 67.1 Å². The van der Waals surface area contributed by atoms with Gasteiger partial charge >= 0.3 is 12.4 Å². The van der Waals surface area contributed by atoms with Crippen LogP contribution in [0, 0.1) is 6.92 Å². The molecule has 2 amide bonds. The number of aryl methyl sites for hydroxylation is 1. The molecular formula is C34H33F3N6O2S. The Hall–Kier alpha value is -4.71. The molecule has 2 atom stereocenters. The maximum Gasteiger partial charge on any atom is 0.573 e. The minimum Gasteiger partial charge on any atom is -0.406 e. The van der Waals surface area contributed by atoms with Crippen molar-refractivity contribution in [3.63, 3.8) is 0 Å². The smallest absolute Gasteiger partial charge is 0.406 e. The molecule has 0 spiro atoms. The van der Waals surface area contributed by atoms with Crippen LogP contribution in [-0.2, 0) is 0 Å². The van der Waals surface area contributed by atoms with E-state index in [2.05, 4.69) is 55.7 Å². The van der Waals surface area contributed by atoms with Crippen LogP contribution >= 0.6 is 11.3 Å². The van der Waals surface area contributed by atoms with Crippen molar-refractivity contribution in [1.29, 1.82) is 0 Å². The summed E-state index contributed by atoms with van der Waals surface area (Å²) in [6, 6.07) is 21.2. The number of carbonyl (C=O) groups is 1. The number of hydrogen-bond donors (Lipinski definition) is 1. The molecule has 0 radical (unpaired) electrons. The molecule has 1 saturated carbocycles. The highest BCUT2D eigenvalue weighted by atomic mass is 32.1. The fourth-order valence-corrected chi connectivity index (χ4v) is 6.82. The van der Waals surface area contributed by atoms with Gasteiger partial charge in [-0.2, -0.15) is 4.99 Å². The largest absolute Gasteiger partial charge is 0.573 e. The first-order chi connectivity index (χ1) is 22.1. The molecule has 238 valence electrons. The van der Waals surface area contributed by atoms with Gasteiger partial charge in [0.1, 0.15) is 12.1 Å². The van der Waals surface area contributed by atoms with Crippen molar-refractivity contribution in [2.24, 2.45) is 4.99 Å². The first-order valence-electron chi connectivity index (χ1n) is 15.1. The number of halogens is 3. The molecule has 2 heterocycles. The van der Waals surface area contributed by atoms with Crippen LogP contribution in [0.4, 0.5) is 18.0 Å². The zero-order valence-electron chi connectivity index (χ0n) is 25.5. The van der Waals surface area contributed by atoms with Gasteiger partial charge in [0, 0.05) is 28.6 Å². The number of amides is 2. The second kappa shape index (κ2) is 13.0. The van der Waals surface area contributed by atoms with E-state index in [0.717, 1.165) is 41.8 Å². The molecular weight excluding hydrogens is 613 g/mol. The molecule has 5 aromatic rings. The van der Waals surface area contributed by atoms with Gasteiger partial charge in [0.2, 0.25) is 0 Å². The average Bonchev–Trinajstić information content (AvgIpc) is 3.78. The lowest BCUT2D eigenvalue weighted by Gasteiger charge is -2.20. The molecule has 3 aromatic carbocycles. The van der Waals surface area contributed by atoms with Crippen LogP contribution < -0.4 is 14.9 Å². The summed E-state index contributed by atoms with van der Waals surface area (Å²) in [5.74, 6) is 0.648. The Kier molecular flexibility index (Phi) is 8.81. The number of aromatic nitrogens is 4. The predicted molar refractivity (Wildman–Crippen MR) is 170 cm³/mol. The van der Waals surface area contributed by atoms with Crippen LogP contribution in [0.5, 0.6) is 5.75 Å². The normalized spacial score (nSPS) is 17.1. The molecule has 2 aromatic heterocycles. The molecule has 0 aliphatic heterocycles. The Morgan fingerprint density at radius 1 is 1.04 bits per heavy atom. The van der Waals surface area contributed by atoms with Gasteiger partial charge in [0.25, 0.3) is 0 Å². The van der Waals surface area contributed by atoms with Gasteiger partial charge in [0.15, 0.2) is 10.6 Å². The van der Waals surface area contributed by atoms with E-state index in [9.17, 15) is 18.0 Å². The SMILES string of the molecule is Cc1cs/c(=N\C(=O)NC2CCCC2c2ccc(-c3ncn(-c4ccc(OC(F)(F)F)cc4)n3)cc2)n1-c1ccccc1C(C)C. The van der Waals surface area contributed by atoms with E-state index >= 15 is 0 Å². The van der Waals surface area contributed by atoms with Crippen LogP contribution in [0.2, 0.25) is 0 Å². The van der Waals surface area contributed by atoms with Gasteiger partial charge < -0.3 is 10.1 Å². The van der Waals surface area contributed by atoms with Crippen LogP contribution in [-0.4, -0.2) is 37.8 Å². The molecule has 2 unspecified atom stereocenters. The third-order valence-corrected chi connectivity index (χ3v) is 9.07. The van der Waals surface area contributed by atoms with Crippen LogP contribution in [0.3, 0.4) is 0 Å². The second-order valence-electron chi connectivity index (χ2n) is 11.6.